The third-order valence-corrected chi connectivity index (χ3v) is 4.85. The van der Waals surface area contributed by atoms with E-state index in [1.54, 1.807) is 0 Å². The van der Waals surface area contributed by atoms with E-state index in [1.165, 1.54) is 0 Å². The summed E-state index contributed by atoms with van der Waals surface area (Å²) >= 11 is 0. The summed E-state index contributed by atoms with van der Waals surface area (Å²) in [6.45, 7) is 2.27. The molecule has 136 valence electrons. The summed E-state index contributed by atoms with van der Waals surface area (Å²) in [5, 5.41) is 10.6. The Morgan fingerprint density at radius 1 is 1.08 bits per heavy atom. The summed E-state index contributed by atoms with van der Waals surface area (Å²) in [6.07, 6.45) is 1.34. The number of benzene rings is 2. The molecule has 5 heteroatoms. The molecule has 1 aromatic heterocycles. The molecule has 1 N–H and O–H groups in total. The zero-order valence-electron chi connectivity index (χ0n) is 14.8. The number of aliphatic hydroxyl groups excluding tert-OH is 1. The van der Waals surface area contributed by atoms with Crippen molar-refractivity contribution in [2.24, 2.45) is 0 Å². The second-order valence-corrected chi connectivity index (χ2v) is 6.73. The van der Waals surface area contributed by atoms with Gasteiger partial charge in [0.25, 0.3) is 0 Å². The largest absolute Gasteiger partial charge is 0.491 e. The number of hydrogen-bond acceptors (Lipinski definition) is 4. The van der Waals surface area contributed by atoms with Crippen molar-refractivity contribution >= 4 is 11.0 Å². The van der Waals surface area contributed by atoms with E-state index in [1.807, 2.05) is 48.5 Å². The highest BCUT2D eigenvalue weighted by Gasteiger charge is 2.24. The van der Waals surface area contributed by atoms with Crippen LogP contribution in [-0.2, 0) is 11.3 Å². The van der Waals surface area contributed by atoms with Gasteiger partial charge in [-0.2, -0.15) is 0 Å². The molecule has 26 heavy (non-hydrogen) atoms. The number of hydrogen-bond donors (Lipinski definition) is 1. The number of para-hydroxylation sites is 3. The molecule has 1 saturated heterocycles. The third kappa shape index (κ3) is 3.74. The molecular formula is C21H24N2O3. The van der Waals surface area contributed by atoms with Crippen LogP contribution in [0.25, 0.3) is 11.0 Å². The van der Waals surface area contributed by atoms with E-state index >= 15 is 0 Å². The minimum Gasteiger partial charge on any atom is -0.491 e. The van der Waals surface area contributed by atoms with Gasteiger partial charge in [0, 0.05) is 19.1 Å². The number of aromatic nitrogens is 2. The Morgan fingerprint density at radius 2 is 1.81 bits per heavy atom. The molecule has 1 fully saturated rings. The highest BCUT2D eigenvalue weighted by molar-refractivity contribution is 5.76. The molecular weight excluding hydrogens is 328 g/mol. The smallest absolute Gasteiger partial charge is 0.119 e. The molecule has 0 aliphatic carbocycles. The second kappa shape index (κ2) is 7.89. The van der Waals surface area contributed by atoms with E-state index in [0.29, 0.717) is 12.5 Å². The minimum absolute atomic E-state index is 0.254. The molecule has 0 bridgehead atoms. The van der Waals surface area contributed by atoms with Crippen molar-refractivity contribution in [1.82, 2.24) is 9.55 Å². The van der Waals surface area contributed by atoms with Gasteiger partial charge in [-0.1, -0.05) is 30.3 Å². The number of imidazole rings is 1. The predicted molar refractivity (Wildman–Crippen MR) is 100 cm³/mol. The van der Waals surface area contributed by atoms with Crippen molar-refractivity contribution in [2.45, 2.75) is 31.4 Å². The molecule has 0 spiro atoms. The van der Waals surface area contributed by atoms with Crippen LogP contribution in [0.1, 0.15) is 24.6 Å². The number of fused-ring (bicyclic) bond motifs is 1. The first-order valence-electron chi connectivity index (χ1n) is 9.20. The number of ether oxygens (including phenoxy) is 2. The van der Waals surface area contributed by atoms with Crippen LogP contribution in [0.2, 0.25) is 0 Å². The molecule has 0 amide bonds. The Labute approximate surface area is 153 Å². The van der Waals surface area contributed by atoms with Gasteiger partial charge < -0.3 is 19.1 Å². The summed E-state index contributed by atoms with van der Waals surface area (Å²) in [5.74, 6) is 2.19. The lowest BCUT2D eigenvalue weighted by molar-refractivity contribution is 0.0780. The van der Waals surface area contributed by atoms with Crippen LogP contribution in [0.15, 0.2) is 54.6 Å². The standard InChI is InChI=1S/C21H24N2O3/c24-17(15-26-18-6-2-1-3-7-18)14-23-20-9-5-4-8-19(20)22-21(23)16-10-12-25-13-11-16/h1-9,16-17,24H,10-15H2. The summed E-state index contributed by atoms with van der Waals surface area (Å²) in [5.41, 5.74) is 2.04. The van der Waals surface area contributed by atoms with E-state index in [4.69, 9.17) is 14.5 Å². The maximum absolute atomic E-state index is 10.6. The fourth-order valence-corrected chi connectivity index (χ4v) is 3.53. The summed E-state index contributed by atoms with van der Waals surface area (Å²) in [7, 11) is 0. The first-order chi connectivity index (χ1) is 12.8. The van der Waals surface area contributed by atoms with Gasteiger partial charge in [0.2, 0.25) is 0 Å². The summed E-state index contributed by atoms with van der Waals surface area (Å²) in [6, 6.07) is 17.7. The average Bonchev–Trinajstić information content (AvgIpc) is 3.06. The van der Waals surface area contributed by atoms with E-state index in [0.717, 1.165) is 48.7 Å². The zero-order valence-corrected chi connectivity index (χ0v) is 14.8. The SMILES string of the molecule is OC(COc1ccccc1)Cn1c(C2CCOCC2)nc2ccccc21. The van der Waals surface area contributed by atoms with Crippen LogP contribution in [0.5, 0.6) is 5.75 Å². The topological polar surface area (TPSA) is 56.5 Å². The number of nitrogens with zero attached hydrogens (tertiary/aromatic N) is 2. The fourth-order valence-electron chi connectivity index (χ4n) is 3.53. The Hall–Kier alpha value is -2.37. The van der Waals surface area contributed by atoms with E-state index in [2.05, 4.69) is 10.6 Å². The van der Waals surface area contributed by atoms with Gasteiger partial charge in [0.15, 0.2) is 0 Å². The molecule has 0 saturated carbocycles. The molecule has 1 aliphatic rings. The maximum Gasteiger partial charge on any atom is 0.119 e. The van der Waals surface area contributed by atoms with Gasteiger partial charge >= 0.3 is 0 Å². The van der Waals surface area contributed by atoms with Crippen LogP contribution in [0.3, 0.4) is 0 Å². The minimum atomic E-state index is -0.605. The van der Waals surface area contributed by atoms with E-state index < -0.39 is 6.10 Å². The van der Waals surface area contributed by atoms with Crippen LogP contribution in [-0.4, -0.2) is 40.6 Å². The van der Waals surface area contributed by atoms with Crippen molar-refractivity contribution in [3.8, 4) is 5.75 Å². The Bertz CT molecular complexity index is 841. The van der Waals surface area contributed by atoms with Crippen molar-refractivity contribution in [3.63, 3.8) is 0 Å². The monoisotopic (exact) mass is 352 g/mol. The highest BCUT2D eigenvalue weighted by atomic mass is 16.5. The molecule has 3 aromatic rings. The molecule has 1 unspecified atom stereocenters. The maximum atomic E-state index is 10.6. The second-order valence-electron chi connectivity index (χ2n) is 6.73. The Kier molecular flexibility index (Phi) is 5.18. The molecule has 1 aliphatic heterocycles. The molecule has 0 radical (unpaired) electrons. The van der Waals surface area contributed by atoms with Gasteiger partial charge in [-0.15, -0.1) is 0 Å². The number of rotatable bonds is 6. The quantitative estimate of drug-likeness (QED) is 0.739. The molecule has 4 rings (SSSR count). The first kappa shape index (κ1) is 17.1. The fraction of sp³-hybridized carbons (Fsp3) is 0.381. The van der Waals surface area contributed by atoms with Crippen molar-refractivity contribution in [1.29, 1.82) is 0 Å². The zero-order chi connectivity index (χ0) is 17.8. The average molecular weight is 352 g/mol. The molecule has 2 aromatic carbocycles. The molecule has 2 heterocycles. The van der Waals surface area contributed by atoms with Crippen LogP contribution >= 0.6 is 0 Å². The summed E-state index contributed by atoms with van der Waals surface area (Å²) in [4.78, 5) is 4.86. The summed E-state index contributed by atoms with van der Waals surface area (Å²) < 4.78 is 13.4. The third-order valence-electron chi connectivity index (χ3n) is 4.85. The van der Waals surface area contributed by atoms with Gasteiger partial charge in [-0.25, -0.2) is 4.98 Å². The van der Waals surface area contributed by atoms with Gasteiger partial charge in [-0.05, 0) is 37.1 Å². The van der Waals surface area contributed by atoms with Crippen LogP contribution < -0.4 is 4.74 Å². The lowest BCUT2D eigenvalue weighted by atomic mass is 9.99. The molecule has 5 nitrogen and oxygen atoms in total. The highest BCUT2D eigenvalue weighted by Crippen LogP contribution is 2.29. The van der Waals surface area contributed by atoms with Crippen molar-refractivity contribution in [2.75, 3.05) is 19.8 Å². The lowest BCUT2D eigenvalue weighted by Gasteiger charge is -2.23. The van der Waals surface area contributed by atoms with Gasteiger partial charge in [0.1, 0.15) is 24.3 Å². The van der Waals surface area contributed by atoms with Gasteiger partial charge in [0.05, 0.1) is 17.6 Å². The number of aliphatic hydroxyl groups is 1. The van der Waals surface area contributed by atoms with Crippen molar-refractivity contribution in [3.05, 3.63) is 60.4 Å². The lowest BCUT2D eigenvalue weighted by Crippen LogP contribution is -2.26. The van der Waals surface area contributed by atoms with Crippen LogP contribution in [0.4, 0.5) is 0 Å². The van der Waals surface area contributed by atoms with E-state index in [-0.39, 0.29) is 6.61 Å². The molecule has 1 atom stereocenters. The van der Waals surface area contributed by atoms with Gasteiger partial charge in [-0.3, -0.25) is 0 Å². The van der Waals surface area contributed by atoms with E-state index in [9.17, 15) is 5.11 Å². The first-order valence-corrected chi connectivity index (χ1v) is 9.20. The normalized spacial score (nSPS) is 16.7. The Balaban J connectivity index is 1.54. The Morgan fingerprint density at radius 3 is 2.62 bits per heavy atom. The van der Waals surface area contributed by atoms with Crippen molar-refractivity contribution < 1.29 is 14.6 Å². The predicted octanol–water partition coefficient (Wildman–Crippen LogP) is 3.37. The van der Waals surface area contributed by atoms with Crippen LogP contribution in [0, 0.1) is 0 Å².